The van der Waals surface area contributed by atoms with E-state index in [4.69, 9.17) is 0 Å². The fourth-order valence-corrected chi connectivity index (χ4v) is 24.9. The average Bonchev–Trinajstić information content (AvgIpc) is 4.09. The van der Waals surface area contributed by atoms with E-state index in [1.807, 2.05) is 133 Å². The molecule has 8 atom stereocenters. The second-order valence-corrected chi connectivity index (χ2v) is 23.9. The van der Waals surface area contributed by atoms with Gasteiger partial charge in [-0.05, 0) is 284 Å². The van der Waals surface area contributed by atoms with Crippen molar-refractivity contribution in [3.63, 3.8) is 0 Å². The second-order valence-electron chi connectivity index (χ2n) is 23.9. The standard InChI is InChI=1S/C60H8/c1-2-5-6-3(1)8-12-10-4(1)9-11-7(2)17-21-13(5)23-24-14(6)22-18(8)28-20(12)30-26-16(10)15(9)25-29-19(11)27(17)37-41-31(21)33(23)43-44-34(24)32(22)42-38(28)48-40(30)46-36(26)35(25)45-39(29)47(37)55-49(41)51(43)57-52(44)50(42)56(48)59-54(46)53(45)58(55)60(57)59/h1-2,12,21,25-26,29,37H. The van der Waals surface area contributed by atoms with Crippen molar-refractivity contribution in [1.82, 2.24) is 0 Å². The lowest BCUT2D eigenvalue weighted by Gasteiger charge is -2.45. The highest BCUT2D eigenvalue weighted by molar-refractivity contribution is 6.71. The molecule has 0 aliphatic heterocycles. The van der Waals surface area contributed by atoms with Crippen LogP contribution in [0.1, 0.15) is 114 Å². The van der Waals surface area contributed by atoms with Crippen molar-refractivity contribution in [3.8, 4) is 0 Å². The number of benzene rings is 12. The normalized spacial score (nSPS) is 33.0. The Morgan fingerprint density at radius 3 is 0.517 bits per heavy atom. The molecule has 8 unspecified atom stereocenters. The van der Waals surface area contributed by atoms with Crippen LogP contribution >= 0.6 is 0 Å². The predicted octanol–water partition coefficient (Wildman–Crippen LogP) is 14.0. The van der Waals surface area contributed by atoms with Crippen LogP contribution in [0, 0.1) is 0 Å². The molecule has 0 bridgehead atoms. The van der Waals surface area contributed by atoms with E-state index in [1.165, 1.54) is 0 Å². The van der Waals surface area contributed by atoms with Crippen molar-refractivity contribution in [2.24, 2.45) is 0 Å². The topological polar surface area (TPSA) is 0 Å². The SMILES string of the molecule is C12=C3C4=C5C6=C3C3c7c8c9c%10c(c%11c%12c%13c(c%14c%15c%16c%17c%18c%19c%20c%21c%22c%23c%24c(c7c7c%23c%23c(c97)c7c%10c%12c9c%10c%13c%15c%18c%10c%10c%19c%22c%23c%10c97)C3C1=C(C(=C2C%16C4%14)C%17%20)C%24%21)C5%11)C68. The molecule has 0 heterocycles. The minimum Gasteiger partial charge on any atom is -0.0270 e. The molecule has 16 aromatic rings. The zero-order chi connectivity index (χ0) is 34.6. The van der Waals surface area contributed by atoms with Gasteiger partial charge in [0.05, 0.1) is 0 Å². The average molecular weight is 729 g/mol. The molecule has 16 aromatic carbocycles. The maximum absolute atomic E-state index is 1.90. The van der Waals surface area contributed by atoms with Gasteiger partial charge in [0.1, 0.15) is 0 Å². The molecular weight excluding hydrogens is 721 g/mol. The fraction of sp³-hybridized carbons (Fsp3) is 0.133. The summed E-state index contributed by atoms with van der Waals surface area (Å²) in [7, 11) is 0. The van der Waals surface area contributed by atoms with Gasteiger partial charge in [-0.1, -0.05) is 0 Å². The fourth-order valence-electron chi connectivity index (χ4n) is 24.9. The Bertz CT molecular complexity index is 5220. The lowest BCUT2D eigenvalue weighted by atomic mass is 9.57. The summed E-state index contributed by atoms with van der Waals surface area (Å²) >= 11 is 0. The zero-order valence-electron chi connectivity index (χ0n) is 30.6. The van der Waals surface area contributed by atoms with Crippen molar-refractivity contribution in [2.75, 3.05) is 0 Å². The van der Waals surface area contributed by atoms with Gasteiger partial charge in [0.25, 0.3) is 0 Å². The Balaban J connectivity index is 1.21. The van der Waals surface area contributed by atoms with Crippen molar-refractivity contribution >= 4 is 162 Å². The molecule has 16 aliphatic carbocycles. The van der Waals surface area contributed by atoms with Crippen LogP contribution in [0.5, 0.6) is 0 Å². The first-order valence-electron chi connectivity index (χ1n) is 23.4. The molecule has 0 aromatic heterocycles. The largest absolute Gasteiger partial charge is 0.0365 e. The summed E-state index contributed by atoms with van der Waals surface area (Å²) in [5, 5.41) is 52.5. The summed E-state index contributed by atoms with van der Waals surface area (Å²) in [5.74, 6) is 3.75. The quantitative estimate of drug-likeness (QED) is 0.136. The molecule has 16 aliphatic rings. The van der Waals surface area contributed by atoms with E-state index >= 15 is 0 Å². The molecule has 0 fully saturated rings. The molecular formula is C60H8. The van der Waals surface area contributed by atoms with Gasteiger partial charge in [-0.3, -0.25) is 0 Å². The van der Waals surface area contributed by atoms with Crippen LogP contribution in [0.25, 0.3) is 162 Å². The van der Waals surface area contributed by atoms with E-state index < -0.39 is 0 Å². The zero-order valence-corrected chi connectivity index (χ0v) is 30.6. The molecule has 0 saturated carbocycles. The van der Waals surface area contributed by atoms with Gasteiger partial charge in [-0.2, -0.15) is 0 Å². The summed E-state index contributed by atoms with van der Waals surface area (Å²) in [6.07, 6.45) is 0. The van der Waals surface area contributed by atoms with E-state index in [2.05, 4.69) is 0 Å². The predicted molar refractivity (Wildman–Crippen MR) is 237 cm³/mol. The number of hydrogen-bond acceptors (Lipinski definition) is 0. The first-order chi connectivity index (χ1) is 30.0. The highest BCUT2D eigenvalue weighted by Gasteiger charge is 2.72. The van der Waals surface area contributed by atoms with Crippen molar-refractivity contribution in [1.29, 1.82) is 0 Å². The van der Waals surface area contributed by atoms with Crippen LogP contribution in [0.4, 0.5) is 0 Å². The highest BCUT2D eigenvalue weighted by Crippen LogP contribution is 2.90. The molecule has 0 heteroatoms. The van der Waals surface area contributed by atoms with Crippen molar-refractivity contribution in [3.05, 3.63) is 122 Å². The summed E-state index contributed by atoms with van der Waals surface area (Å²) in [4.78, 5) is 0. The van der Waals surface area contributed by atoms with Gasteiger partial charge < -0.3 is 0 Å². The summed E-state index contributed by atoms with van der Waals surface area (Å²) in [6.45, 7) is 0. The Morgan fingerprint density at radius 1 is 0.133 bits per heavy atom. The summed E-state index contributed by atoms with van der Waals surface area (Å²) in [6, 6.07) is 0. The van der Waals surface area contributed by atoms with E-state index in [9.17, 15) is 0 Å². The summed E-state index contributed by atoms with van der Waals surface area (Å²) in [5.41, 5.74) is 41.1. The molecule has 0 saturated heterocycles. The third-order valence-corrected chi connectivity index (χ3v) is 24.4. The van der Waals surface area contributed by atoms with Crippen LogP contribution in [0.3, 0.4) is 0 Å². The summed E-state index contributed by atoms with van der Waals surface area (Å²) < 4.78 is 0. The Labute approximate surface area is 329 Å². The molecule has 0 radical (unpaired) electrons. The molecule has 0 nitrogen and oxygen atoms in total. The molecule has 248 valence electrons. The van der Waals surface area contributed by atoms with Crippen molar-refractivity contribution < 1.29 is 0 Å². The van der Waals surface area contributed by atoms with Gasteiger partial charge in [0, 0.05) is 47.3 Å². The number of allylic oxidation sites excluding steroid dienone is 10. The lowest BCUT2D eigenvalue weighted by Crippen LogP contribution is -2.30. The third-order valence-electron chi connectivity index (χ3n) is 24.4. The van der Waals surface area contributed by atoms with Gasteiger partial charge >= 0.3 is 0 Å². The maximum atomic E-state index is 1.90. The van der Waals surface area contributed by atoms with Crippen LogP contribution < -0.4 is 0 Å². The lowest BCUT2D eigenvalue weighted by molar-refractivity contribution is 0.620. The van der Waals surface area contributed by atoms with E-state index in [0.717, 1.165) is 0 Å². The number of hydrogen-bond donors (Lipinski definition) is 0. The van der Waals surface area contributed by atoms with Crippen LogP contribution in [-0.4, -0.2) is 0 Å². The van der Waals surface area contributed by atoms with Crippen molar-refractivity contribution in [2.45, 2.75) is 47.3 Å². The minimum atomic E-state index is 0.433. The molecule has 60 heavy (non-hydrogen) atoms. The minimum absolute atomic E-state index is 0.433. The maximum Gasteiger partial charge on any atom is 0.0365 e. The van der Waals surface area contributed by atoms with E-state index in [-0.39, 0.29) is 0 Å². The highest BCUT2D eigenvalue weighted by atomic mass is 14.7. The van der Waals surface area contributed by atoms with Gasteiger partial charge in [0.15, 0.2) is 0 Å². The van der Waals surface area contributed by atoms with Crippen LogP contribution in [0.15, 0.2) is 55.7 Å². The second kappa shape index (κ2) is 4.57. The van der Waals surface area contributed by atoms with Gasteiger partial charge in [0.2, 0.25) is 0 Å². The molecule has 32 rings (SSSR count). The third kappa shape index (κ3) is 1.04. The smallest absolute Gasteiger partial charge is 0.0270 e. The van der Waals surface area contributed by atoms with E-state index in [0.29, 0.717) is 47.3 Å². The van der Waals surface area contributed by atoms with Gasteiger partial charge in [-0.25, -0.2) is 0 Å². The monoisotopic (exact) mass is 728 g/mol. The Hall–Kier alpha value is -6.76. The Morgan fingerprint density at radius 2 is 0.300 bits per heavy atom. The first-order valence-corrected chi connectivity index (χ1v) is 23.4. The first kappa shape index (κ1) is 21.0. The number of rotatable bonds is 0. The molecule has 0 amide bonds. The van der Waals surface area contributed by atoms with Gasteiger partial charge in [-0.15, -0.1) is 0 Å². The Kier molecular flexibility index (Phi) is 1.60. The molecule has 0 spiro atoms. The van der Waals surface area contributed by atoms with Crippen LogP contribution in [-0.2, 0) is 0 Å². The molecule has 0 N–H and O–H groups in total. The van der Waals surface area contributed by atoms with Crippen LogP contribution in [0.2, 0.25) is 0 Å². The van der Waals surface area contributed by atoms with E-state index in [1.54, 1.807) is 151 Å².